The van der Waals surface area contributed by atoms with Crippen molar-refractivity contribution < 1.29 is 17.7 Å². The molecule has 1 aromatic heterocycles. The van der Waals surface area contributed by atoms with E-state index in [2.05, 4.69) is 10.1 Å². The average Bonchev–Trinajstić information content (AvgIpc) is 2.96. The SMILES string of the molecule is Cc1cccc(-c2nc(-c3ccc(C(F)(F)F)cc3)no2)c1. The van der Waals surface area contributed by atoms with Gasteiger partial charge in [0.2, 0.25) is 5.82 Å². The van der Waals surface area contributed by atoms with E-state index in [1.807, 2.05) is 31.2 Å². The number of aryl methyl sites for hydroxylation is 1. The third-order valence-corrected chi connectivity index (χ3v) is 3.16. The van der Waals surface area contributed by atoms with Crippen molar-refractivity contribution in [3.05, 3.63) is 59.7 Å². The highest BCUT2D eigenvalue weighted by molar-refractivity contribution is 5.60. The Kier molecular flexibility index (Phi) is 3.44. The summed E-state index contributed by atoms with van der Waals surface area (Å²) in [5, 5.41) is 3.82. The summed E-state index contributed by atoms with van der Waals surface area (Å²) in [5.74, 6) is 0.587. The molecule has 0 saturated carbocycles. The maximum absolute atomic E-state index is 12.5. The van der Waals surface area contributed by atoms with Crippen molar-refractivity contribution in [3.8, 4) is 22.8 Å². The van der Waals surface area contributed by atoms with Crippen LogP contribution in [-0.2, 0) is 6.18 Å². The quantitative estimate of drug-likeness (QED) is 0.687. The van der Waals surface area contributed by atoms with Gasteiger partial charge in [0, 0.05) is 11.1 Å². The predicted octanol–water partition coefficient (Wildman–Crippen LogP) is 4.73. The molecule has 6 heteroatoms. The van der Waals surface area contributed by atoms with Gasteiger partial charge in [-0.15, -0.1) is 0 Å². The largest absolute Gasteiger partial charge is 0.416 e. The Labute approximate surface area is 124 Å². The smallest absolute Gasteiger partial charge is 0.334 e. The number of rotatable bonds is 2. The molecule has 0 saturated heterocycles. The van der Waals surface area contributed by atoms with E-state index >= 15 is 0 Å². The van der Waals surface area contributed by atoms with Gasteiger partial charge in [-0.05, 0) is 31.2 Å². The van der Waals surface area contributed by atoms with Gasteiger partial charge in [0.15, 0.2) is 0 Å². The van der Waals surface area contributed by atoms with E-state index in [4.69, 9.17) is 4.52 Å². The molecule has 0 aliphatic carbocycles. The fourth-order valence-corrected chi connectivity index (χ4v) is 2.04. The second kappa shape index (κ2) is 5.29. The second-order valence-electron chi connectivity index (χ2n) is 4.87. The van der Waals surface area contributed by atoms with Crippen molar-refractivity contribution in [3.63, 3.8) is 0 Å². The van der Waals surface area contributed by atoms with Crippen molar-refractivity contribution >= 4 is 0 Å². The Morgan fingerprint density at radius 1 is 0.955 bits per heavy atom. The van der Waals surface area contributed by atoms with E-state index in [0.717, 1.165) is 23.3 Å². The molecule has 0 spiro atoms. The van der Waals surface area contributed by atoms with Crippen LogP contribution in [0.3, 0.4) is 0 Å². The minimum absolute atomic E-state index is 0.255. The summed E-state index contributed by atoms with van der Waals surface area (Å²) in [4.78, 5) is 4.22. The Morgan fingerprint density at radius 3 is 2.32 bits per heavy atom. The van der Waals surface area contributed by atoms with Crippen LogP contribution < -0.4 is 0 Å². The number of hydrogen-bond donors (Lipinski definition) is 0. The predicted molar refractivity (Wildman–Crippen MR) is 74.9 cm³/mol. The molecule has 22 heavy (non-hydrogen) atoms. The van der Waals surface area contributed by atoms with E-state index in [0.29, 0.717) is 11.5 Å². The van der Waals surface area contributed by atoms with Gasteiger partial charge < -0.3 is 4.52 Å². The van der Waals surface area contributed by atoms with Crippen molar-refractivity contribution in [1.29, 1.82) is 0 Å². The van der Waals surface area contributed by atoms with Crippen LogP contribution >= 0.6 is 0 Å². The number of halogens is 3. The van der Waals surface area contributed by atoms with Crippen molar-refractivity contribution in [2.24, 2.45) is 0 Å². The molecule has 0 radical (unpaired) electrons. The zero-order valence-electron chi connectivity index (χ0n) is 11.6. The Morgan fingerprint density at radius 2 is 1.68 bits per heavy atom. The first kappa shape index (κ1) is 14.3. The third-order valence-electron chi connectivity index (χ3n) is 3.16. The molecule has 0 atom stereocenters. The lowest BCUT2D eigenvalue weighted by molar-refractivity contribution is -0.137. The first-order chi connectivity index (χ1) is 10.4. The molecule has 0 N–H and O–H groups in total. The highest BCUT2D eigenvalue weighted by Gasteiger charge is 2.30. The topological polar surface area (TPSA) is 38.9 Å². The molecule has 3 nitrogen and oxygen atoms in total. The summed E-state index contributed by atoms with van der Waals surface area (Å²) in [6.45, 7) is 1.94. The fourth-order valence-electron chi connectivity index (χ4n) is 2.04. The van der Waals surface area contributed by atoms with Gasteiger partial charge in [0.1, 0.15) is 0 Å². The van der Waals surface area contributed by atoms with Crippen LogP contribution in [0.15, 0.2) is 53.1 Å². The summed E-state index contributed by atoms with van der Waals surface area (Å²) < 4.78 is 42.8. The third kappa shape index (κ3) is 2.86. The Hall–Kier alpha value is -2.63. The van der Waals surface area contributed by atoms with E-state index in [9.17, 15) is 13.2 Å². The summed E-state index contributed by atoms with van der Waals surface area (Å²) >= 11 is 0. The fraction of sp³-hybridized carbons (Fsp3) is 0.125. The van der Waals surface area contributed by atoms with Crippen LogP contribution in [0.5, 0.6) is 0 Å². The van der Waals surface area contributed by atoms with Gasteiger partial charge in [0.25, 0.3) is 5.89 Å². The molecule has 3 rings (SSSR count). The van der Waals surface area contributed by atoms with Crippen molar-refractivity contribution in [2.75, 3.05) is 0 Å². The number of benzene rings is 2. The first-order valence-electron chi connectivity index (χ1n) is 6.52. The molecule has 2 aromatic carbocycles. The number of aromatic nitrogens is 2. The Balaban J connectivity index is 1.91. The van der Waals surface area contributed by atoms with Gasteiger partial charge >= 0.3 is 6.18 Å². The monoisotopic (exact) mass is 304 g/mol. The van der Waals surface area contributed by atoms with Gasteiger partial charge in [-0.2, -0.15) is 18.2 Å². The van der Waals surface area contributed by atoms with Gasteiger partial charge in [0.05, 0.1) is 5.56 Å². The van der Waals surface area contributed by atoms with E-state index in [1.54, 1.807) is 0 Å². The number of hydrogen-bond acceptors (Lipinski definition) is 3. The number of nitrogens with zero attached hydrogens (tertiary/aromatic N) is 2. The molecular formula is C16H11F3N2O. The van der Waals surface area contributed by atoms with Gasteiger partial charge in [-0.25, -0.2) is 0 Å². The summed E-state index contributed by atoms with van der Waals surface area (Å²) in [6, 6.07) is 12.2. The lowest BCUT2D eigenvalue weighted by Crippen LogP contribution is -2.04. The Bertz CT molecular complexity index is 792. The minimum atomic E-state index is -4.36. The van der Waals surface area contributed by atoms with Crippen LogP contribution in [0.4, 0.5) is 13.2 Å². The molecule has 0 fully saturated rings. The zero-order chi connectivity index (χ0) is 15.7. The maximum Gasteiger partial charge on any atom is 0.416 e. The number of alkyl halides is 3. The molecule has 0 aliphatic rings. The molecular weight excluding hydrogens is 293 g/mol. The van der Waals surface area contributed by atoms with Crippen LogP contribution in [-0.4, -0.2) is 10.1 Å². The van der Waals surface area contributed by atoms with Gasteiger partial charge in [-0.3, -0.25) is 0 Å². The van der Waals surface area contributed by atoms with E-state index in [1.165, 1.54) is 12.1 Å². The summed E-state index contributed by atoms with van der Waals surface area (Å²) in [5.41, 5.74) is 1.58. The lowest BCUT2D eigenvalue weighted by Gasteiger charge is -2.05. The highest BCUT2D eigenvalue weighted by Crippen LogP contribution is 2.30. The van der Waals surface area contributed by atoms with E-state index in [-0.39, 0.29) is 5.82 Å². The second-order valence-corrected chi connectivity index (χ2v) is 4.87. The summed E-state index contributed by atoms with van der Waals surface area (Å²) in [7, 11) is 0. The maximum atomic E-state index is 12.5. The van der Waals surface area contributed by atoms with Gasteiger partial charge in [-0.1, -0.05) is 35.0 Å². The molecule has 0 unspecified atom stereocenters. The average molecular weight is 304 g/mol. The van der Waals surface area contributed by atoms with E-state index < -0.39 is 11.7 Å². The van der Waals surface area contributed by atoms with Crippen LogP contribution in [0, 0.1) is 6.92 Å². The van der Waals surface area contributed by atoms with Crippen molar-refractivity contribution in [2.45, 2.75) is 13.1 Å². The van der Waals surface area contributed by atoms with Crippen molar-refractivity contribution in [1.82, 2.24) is 10.1 Å². The normalized spacial score (nSPS) is 11.6. The van der Waals surface area contributed by atoms with Crippen LogP contribution in [0.1, 0.15) is 11.1 Å². The minimum Gasteiger partial charge on any atom is -0.334 e. The highest BCUT2D eigenvalue weighted by atomic mass is 19.4. The lowest BCUT2D eigenvalue weighted by atomic mass is 10.1. The molecule has 0 amide bonds. The van der Waals surface area contributed by atoms with Crippen LogP contribution in [0.2, 0.25) is 0 Å². The summed E-state index contributed by atoms with van der Waals surface area (Å²) in [6.07, 6.45) is -4.36. The molecule has 0 aliphatic heterocycles. The standard InChI is InChI=1S/C16H11F3N2O/c1-10-3-2-4-12(9-10)15-20-14(21-22-15)11-5-7-13(8-6-11)16(17,18)19/h2-9H,1H3. The van der Waals surface area contributed by atoms with Crippen LogP contribution in [0.25, 0.3) is 22.8 Å². The zero-order valence-corrected chi connectivity index (χ0v) is 11.6. The molecule has 0 bridgehead atoms. The molecule has 3 aromatic rings. The molecule has 112 valence electrons. The molecule has 1 heterocycles. The first-order valence-corrected chi connectivity index (χ1v) is 6.52.